The van der Waals surface area contributed by atoms with Crippen molar-refractivity contribution in [2.75, 3.05) is 26.2 Å². The third-order valence-corrected chi connectivity index (χ3v) is 6.02. The summed E-state index contributed by atoms with van der Waals surface area (Å²) in [7, 11) is -6.09. The summed E-state index contributed by atoms with van der Waals surface area (Å²) >= 11 is 0. The highest BCUT2D eigenvalue weighted by molar-refractivity contribution is 7.86. The number of hydrogen-bond donors (Lipinski definition) is 0. The van der Waals surface area contributed by atoms with Gasteiger partial charge in [0.15, 0.2) is 10.1 Å². The lowest BCUT2D eigenvalue weighted by Gasteiger charge is -2.33. The average molecular weight is 418 g/mol. The highest BCUT2D eigenvalue weighted by Crippen LogP contribution is 2.21. The molecule has 4 nitrogen and oxygen atoms in total. The molecular weight excluding hydrogens is 379 g/mol. The first kappa shape index (κ1) is 26.7. The minimum atomic E-state index is -6.09. The third-order valence-electron chi connectivity index (χ3n) is 5.46. The van der Waals surface area contributed by atoms with Gasteiger partial charge in [0, 0.05) is 12.8 Å². The van der Waals surface area contributed by atoms with E-state index in [2.05, 4.69) is 13.8 Å². The molecule has 0 aliphatic carbocycles. The van der Waals surface area contributed by atoms with Gasteiger partial charge in [-0.1, -0.05) is 58.3 Å². The second kappa shape index (κ2) is 13.8. The summed E-state index contributed by atoms with van der Waals surface area (Å²) in [5.74, 6) is 0. The van der Waals surface area contributed by atoms with Gasteiger partial charge in [-0.25, -0.2) is 8.42 Å². The first-order chi connectivity index (χ1) is 12.6. The summed E-state index contributed by atoms with van der Waals surface area (Å²) in [6.45, 7) is 10.5. The molecule has 0 saturated carbocycles. The van der Waals surface area contributed by atoms with E-state index in [4.69, 9.17) is 13.0 Å². The number of hydrogen-bond acceptors (Lipinski definition) is 3. The van der Waals surface area contributed by atoms with Gasteiger partial charge >= 0.3 is 5.51 Å². The summed E-state index contributed by atoms with van der Waals surface area (Å²) < 4.78 is 60.3. The normalized spacial score (nSPS) is 16.8. The van der Waals surface area contributed by atoms with Gasteiger partial charge in [-0.05, 0) is 19.8 Å². The first-order valence-corrected chi connectivity index (χ1v) is 11.9. The Morgan fingerprint density at radius 3 is 1.52 bits per heavy atom. The van der Waals surface area contributed by atoms with E-state index in [0.717, 1.165) is 0 Å². The van der Waals surface area contributed by atoms with E-state index < -0.39 is 15.6 Å². The average Bonchev–Trinajstić information content (AvgIpc) is 3.05. The maximum absolute atomic E-state index is 10.7. The molecule has 1 rings (SSSR count). The van der Waals surface area contributed by atoms with Crippen LogP contribution in [0.1, 0.15) is 90.9 Å². The third kappa shape index (κ3) is 12.7. The minimum absolute atomic E-state index is 1.37. The van der Waals surface area contributed by atoms with Crippen LogP contribution in [0, 0.1) is 0 Å². The molecule has 0 atom stereocenters. The highest BCUT2D eigenvalue weighted by Gasteiger charge is 2.36. The summed E-state index contributed by atoms with van der Waals surface area (Å²) in [4.78, 5) is 0. The Bertz CT molecular complexity index is 461. The molecule has 164 valence electrons. The second-order valence-corrected chi connectivity index (χ2v) is 8.99. The zero-order chi connectivity index (χ0) is 20.8. The Morgan fingerprint density at radius 2 is 1.19 bits per heavy atom. The van der Waals surface area contributed by atoms with Gasteiger partial charge in [0.1, 0.15) is 0 Å². The molecule has 1 fully saturated rings. The predicted octanol–water partition coefficient (Wildman–Crippen LogP) is 5.59. The van der Waals surface area contributed by atoms with Crippen molar-refractivity contribution in [1.29, 1.82) is 0 Å². The molecule has 0 aromatic carbocycles. The van der Waals surface area contributed by atoms with E-state index in [1.165, 1.54) is 108 Å². The summed E-state index contributed by atoms with van der Waals surface area (Å²) in [5.41, 5.74) is -5.65. The number of alkyl halides is 3. The van der Waals surface area contributed by atoms with E-state index in [1.807, 2.05) is 0 Å². The molecule has 0 spiro atoms. The molecule has 1 saturated heterocycles. The molecule has 1 heterocycles. The molecule has 0 bridgehead atoms. The van der Waals surface area contributed by atoms with E-state index in [9.17, 15) is 13.2 Å². The second-order valence-electron chi connectivity index (χ2n) is 7.62. The fourth-order valence-electron chi connectivity index (χ4n) is 3.64. The van der Waals surface area contributed by atoms with Crippen molar-refractivity contribution >= 4 is 10.1 Å². The molecule has 27 heavy (non-hydrogen) atoms. The van der Waals surface area contributed by atoms with E-state index in [1.54, 1.807) is 0 Å². The van der Waals surface area contributed by atoms with Crippen molar-refractivity contribution in [2.45, 2.75) is 96.4 Å². The SMILES string of the molecule is CCCCCCCCCCCC[N+]1(CC)CCCC1.O=S(=O)([O-])C(F)(F)F. The van der Waals surface area contributed by atoms with Gasteiger partial charge in [0.2, 0.25) is 0 Å². The van der Waals surface area contributed by atoms with Gasteiger partial charge in [-0.2, -0.15) is 13.2 Å². The summed E-state index contributed by atoms with van der Waals surface area (Å²) in [5, 5.41) is 0. The van der Waals surface area contributed by atoms with Crippen LogP contribution in [-0.2, 0) is 10.1 Å². The smallest absolute Gasteiger partial charge is 0.485 e. The van der Waals surface area contributed by atoms with Crippen LogP contribution in [0.15, 0.2) is 0 Å². The summed E-state index contributed by atoms with van der Waals surface area (Å²) in [6, 6.07) is 0. The molecule has 0 unspecified atom stereocenters. The summed E-state index contributed by atoms with van der Waals surface area (Å²) in [6.07, 6.45) is 17.6. The van der Waals surface area contributed by atoms with Crippen LogP contribution in [0.25, 0.3) is 0 Å². The van der Waals surface area contributed by atoms with E-state index in [0.29, 0.717) is 0 Å². The first-order valence-electron chi connectivity index (χ1n) is 10.5. The maximum atomic E-state index is 10.7. The number of likely N-dealkylation sites (tertiary alicyclic amines) is 1. The lowest BCUT2D eigenvalue weighted by atomic mass is 10.1. The number of nitrogens with zero attached hydrogens (tertiary/aromatic N) is 1. The van der Waals surface area contributed by atoms with Gasteiger partial charge in [-0.3, -0.25) is 0 Å². The van der Waals surface area contributed by atoms with Crippen LogP contribution in [0.2, 0.25) is 0 Å². The monoisotopic (exact) mass is 417 g/mol. The zero-order valence-corrected chi connectivity index (χ0v) is 17.8. The van der Waals surface area contributed by atoms with Crippen molar-refractivity contribution in [3.05, 3.63) is 0 Å². The largest absolute Gasteiger partial charge is 0.741 e. The lowest BCUT2D eigenvalue weighted by Crippen LogP contribution is -2.45. The molecule has 1 aliphatic rings. The zero-order valence-electron chi connectivity index (χ0n) is 17.0. The fourth-order valence-corrected chi connectivity index (χ4v) is 3.64. The number of unbranched alkanes of at least 4 members (excludes halogenated alkanes) is 9. The Morgan fingerprint density at radius 1 is 0.815 bits per heavy atom. The van der Waals surface area contributed by atoms with Crippen molar-refractivity contribution in [2.24, 2.45) is 0 Å². The van der Waals surface area contributed by atoms with Crippen LogP contribution in [0.5, 0.6) is 0 Å². The fraction of sp³-hybridized carbons (Fsp3) is 1.00. The lowest BCUT2D eigenvalue weighted by molar-refractivity contribution is -0.915. The Balaban J connectivity index is 0.000000713. The molecule has 1 aliphatic heterocycles. The Hall–Kier alpha value is -0.340. The molecule has 0 aromatic rings. The van der Waals surface area contributed by atoms with Crippen LogP contribution < -0.4 is 0 Å². The highest BCUT2D eigenvalue weighted by atomic mass is 32.2. The topological polar surface area (TPSA) is 57.2 Å². The van der Waals surface area contributed by atoms with E-state index in [-0.39, 0.29) is 0 Å². The number of halogens is 3. The van der Waals surface area contributed by atoms with Crippen LogP contribution in [-0.4, -0.2) is 49.1 Å². The molecule has 0 N–H and O–H groups in total. The van der Waals surface area contributed by atoms with E-state index >= 15 is 0 Å². The van der Waals surface area contributed by atoms with Crippen molar-refractivity contribution < 1.29 is 30.6 Å². The molecule has 8 heteroatoms. The molecular formula is C19H38F3NO3S. The van der Waals surface area contributed by atoms with Gasteiger partial charge in [-0.15, -0.1) is 0 Å². The molecule has 0 amide bonds. The van der Waals surface area contributed by atoms with Gasteiger partial charge in [0.05, 0.1) is 26.2 Å². The standard InChI is InChI=1S/C18H38N.CHF3O3S/c1-3-5-6-7-8-9-10-11-12-13-16-19(4-2)17-14-15-18-19;2-1(3,4)8(5,6)7/h3-18H2,1-2H3;(H,5,6,7)/q+1;/p-1. The van der Waals surface area contributed by atoms with Gasteiger partial charge in [0.25, 0.3) is 0 Å². The van der Waals surface area contributed by atoms with Crippen LogP contribution in [0.4, 0.5) is 13.2 Å². The minimum Gasteiger partial charge on any atom is -0.741 e. The number of rotatable bonds is 12. The Kier molecular flexibility index (Phi) is 13.6. The molecule has 0 aromatic heterocycles. The van der Waals surface area contributed by atoms with Crippen LogP contribution in [0.3, 0.4) is 0 Å². The van der Waals surface area contributed by atoms with Crippen molar-refractivity contribution in [3.63, 3.8) is 0 Å². The maximum Gasteiger partial charge on any atom is 0.485 e. The molecule has 0 radical (unpaired) electrons. The van der Waals surface area contributed by atoms with Crippen molar-refractivity contribution in [3.8, 4) is 0 Å². The van der Waals surface area contributed by atoms with Gasteiger partial charge < -0.3 is 9.04 Å². The van der Waals surface area contributed by atoms with Crippen LogP contribution >= 0.6 is 0 Å². The Labute approximate surface area is 163 Å². The number of quaternary nitrogens is 1. The quantitative estimate of drug-likeness (QED) is 0.180. The predicted molar refractivity (Wildman–Crippen MR) is 102 cm³/mol. The van der Waals surface area contributed by atoms with Crippen molar-refractivity contribution in [1.82, 2.24) is 0 Å².